The van der Waals surface area contributed by atoms with Crippen LogP contribution in [-0.4, -0.2) is 40.5 Å². The maximum atomic E-state index is 12.9. The number of carboxylic acid groups (broad SMARTS) is 1. The van der Waals surface area contributed by atoms with Crippen LogP contribution in [0.25, 0.3) is 6.08 Å². The van der Waals surface area contributed by atoms with Gasteiger partial charge in [-0.15, -0.1) is 0 Å². The highest BCUT2D eigenvalue weighted by atomic mass is 16.6. The van der Waals surface area contributed by atoms with Gasteiger partial charge < -0.3 is 9.84 Å². The third-order valence-electron chi connectivity index (χ3n) is 4.27. The Balaban J connectivity index is 2.00. The van der Waals surface area contributed by atoms with E-state index in [-0.39, 0.29) is 34.9 Å². The van der Waals surface area contributed by atoms with Crippen molar-refractivity contribution in [3.05, 3.63) is 69.3 Å². The lowest BCUT2D eigenvalue weighted by molar-refractivity contribution is -0.384. The smallest absolute Gasteiger partial charge is 0.339 e. The number of imide groups is 2. The fraction of sp³-hybridized carbons (Fsp3) is 0.100. The molecule has 0 atom stereocenters. The lowest BCUT2D eigenvalue weighted by Gasteiger charge is -2.26. The van der Waals surface area contributed by atoms with Gasteiger partial charge in [0.1, 0.15) is 16.9 Å². The zero-order chi connectivity index (χ0) is 22.7. The second-order valence-corrected chi connectivity index (χ2v) is 6.23. The van der Waals surface area contributed by atoms with E-state index in [1.54, 1.807) is 6.92 Å². The minimum Gasteiger partial charge on any atom is -0.493 e. The first-order valence-electron chi connectivity index (χ1n) is 8.89. The number of rotatable bonds is 6. The van der Waals surface area contributed by atoms with Crippen molar-refractivity contribution in [1.29, 1.82) is 0 Å². The average molecular weight is 425 g/mol. The van der Waals surface area contributed by atoms with E-state index < -0.39 is 34.3 Å². The van der Waals surface area contributed by atoms with Crippen molar-refractivity contribution in [2.24, 2.45) is 0 Å². The Labute approximate surface area is 174 Å². The number of benzene rings is 2. The van der Waals surface area contributed by atoms with E-state index >= 15 is 0 Å². The molecule has 0 aromatic heterocycles. The van der Waals surface area contributed by atoms with Gasteiger partial charge in [0.05, 0.1) is 17.2 Å². The predicted molar refractivity (Wildman–Crippen MR) is 107 cm³/mol. The highest BCUT2D eigenvalue weighted by Crippen LogP contribution is 2.26. The van der Waals surface area contributed by atoms with Gasteiger partial charge in [-0.25, -0.2) is 14.5 Å². The number of carbonyl (C=O) groups is 4. The zero-order valence-corrected chi connectivity index (χ0v) is 16.0. The number of hydrogen-bond acceptors (Lipinski definition) is 7. The number of non-ortho nitro benzene ring substituents is 1. The van der Waals surface area contributed by atoms with E-state index in [1.165, 1.54) is 30.3 Å². The summed E-state index contributed by atoms with van der Waals surface area (Å²) >= 11 is 0. The Morgan fingerprint density at radius 3 is 2.45 bits per heavy atom. The minimum atomic E-state index is -1.26. The first-order chi connectivity index (χ1) is 14.7. The summed E-state index contributed by atoms with van der Waals surface area (Å²) in [5.41, 5.74) is -0.584. The normalized spacial score (nSPS) is 15.1. The number of ether oxygens (including phenoxy) is 1. The average Bonchev–Trinajstić information content (AvgIpc) is 2.72. The Bertz CT molecular complexity index is 1140. The standard InChI is InChI=1S/C20H15N3O8/c1-2-31-16-8-3-11(9-14(16)19(26)27)10-15-17(24)21-20(28)22(18(15)25)12-4-6-13(7-5-12)23(29)30/h3-10H,2H2,1H3,(H,26,27)(H,21,24,28)/b15-10+. The second-order valence-electron chi connectivity index (χ2n) is 6.23. The van der Waals surface area contributed by atoms with Crippen LogP contribution < -0.4 is 15.0 Å². The Morgan fingerprint density at radius 1 is 1.19 bits per heavy atom. The molecule has 3 rings (SSSR count). The fourth-order valence-electron chi connectivity index (χ4n) is 2.87. The Morgan fingerprint density at radius 2 is 1.87 bits per heavy atom. The van der Waals surface area contributed by atoms with Crippen LogP contribution in [0.5, 0.6) is 5.75 Å². The largest absolute Gasteiger partial charge is 0.493 e. The van der Waals surface area contributed by atoms with E-state index in [1.807, 2.05) is 5.32 Å². The molecule has 2 aromatic rings. The summed E-state index contributed by atoms with van der Waals surface area (Å²) in [6.45, 7) is 1.93. The number of nitro benzene ring substituents is 1. The minimum absolute atomic E-state index is 0.0180. The van der Waals surface area contributed by atoms with Crippen molar-refractivity contribution in [3.63, 3.8) is 0 Å². The molecule has 31 heavy (non-hydrogen) atoms. The monoisotopic (exact) mass is 425 g/mol. The number of amides is 4. The van der Waals surface area contributed by atoms with Crippen molar-refractivity contribution in [3.8, 4) is 5.75 Å². The van der Waals surface area contributed by atoms with Crippen LogP contribution in [-0.2, 0) is 9.59 Å². The quantitative estimate of drug-likeness (QED) is 0.309. The van der Waals surface area contributed by atoms with E-state index in [9.17, 15) is 34.4 Å². The topological polar surface area (TPSA) is 156 Å². The molecule has 0 bridgehead atoms. The molecule has 0 unspecified atom stereocenters. The number of barbiturate groups is 1. The van der Waals surface area contributed by atoms with Crippen LogP contribution in [0.4, 0.5) is 16.2 Å². The molecule has 0 spiro atoms. The number of nitro groups is 1. The Kier molecular flexibility index (Phi) is 5.77. The molecule has 11 heteroatoms. The lowest BCUT2D eigenvalue weighted by atomic mass is 10.0. The number of anilines is 1. The highest BCUT2D eigenvalue weighted by Gasteiger charge is 2.37. The third-order valence-corrected chi connectivity index (χ3v) is 4.27. The molecule has 0 saturated carbocycles. The number of carbonyl (C=O) groups excluding carboxylic acids is 3. The van der Waals surface area contributed by atoms with Gasteiger partial charge in [-0.2, -0.15) is 0 Å². The molecular weight excluding hydrogens is 410 g/mol. The van der Waals surface area contributed by atoms with Gasteiger partial charge in [-0.05, 0) is 42.8 Å². The van der Waals surface area contributed by atoms with Gasteiger partial charge in [0.2, 0.25) is 0 Å². The van der Waals surface area contributed by atoms with Crippen LogP contribution in [0, 0.1) is 10.1 Å². The van der Waals surface area contributed by atoms with Gasteiger partial charge in [-0.1, -0.05) is 6.07 Å². The molecular formula is C20H15N3O8. The van der Waals surface area contributed by atoms with Crippen LogP contribution >= 0.6 is 0 Å². The molecule has 0 radical (unpaired) electrons. The summed E-state index contributed by atoms with van der Waals surface area (Å²) < 4.78 is 5.25. The van der Waals surface area contributed by atoms with E-state index in [4.69, 9.17) is 4.74 Å². The second kappa shape index (κ2) is 8.45. The lowest BCUT2D eigenvalue weighted by Crippen LogP contribution is -2.54. The maximum Gasteiger partial charge on any atom is 0.339 e. The molecule has 1 aliphatic rings. The summed E-state index contributed by atoms with van der Waals surface area (Å²) in [7, 11) is 0. The molecule has 11 nitrogen and oxygen atoms in total. The van der Waals surface area contributed by atoms with Crippen LogP contribution in [0.3, 0.4) is 0 Å². The molecule has 0 aliphatic carbocycles. The molecule has 2 aromatic carbocycles. The summed E-state index contributed by atoms with van der Waals surface area (Å²) in [6.07, 6.45) is 1.14. The third kappa shape index (κ3) is 4.24. The summed E-state index contributed by atoms with van der Waals surface area (Å²) in [4.78, 5) is 59.6. The fourth-order valence-corrected chi connectivity index (χ4v) is 2.87. The Hall–Kier alpha value is -4.54. The number of carboxylic acids is 1. The first kappa shape index (κ1) is 21.2. The maximum absolute atomic E-state index is 12.9. The molecule has 1 aliphatic heterocycles. The molecule has 158 valence electrons. The number of aromatic carboxylic acids is 1. The SMILES string of the molecule is CCOc1ccc(/C=C2\C(=O)NC(=O)N(c3ccc([N+](=O)[O-])cc3)C2=O)cc1C(=O)O. The van der Waals surface area contributed by atoms with Gasteiger partial charge >= 0.3 is 12.0 Å². The van der Waals surface area contributed by atoms with Crippen LogP contribution in [0.1, 0.15) is 22.8 Å². The van der Waals surface area contributed by atoms with Gasteiger partial charge in [0.25, 0.3) is 17.5 Å². The van der Waals surface area contributed by atoms with Crippen molar-refractivity contribution >= 4 is 41.3 Å². The number of hydrogen-bond donors (Lipinski definition) is 2. The van der Waals surface area contributed by atoms with Crippen LogP contribution in [0.15, 0.2) is 48.0 Å². The zero-order valence-electron chi connectivity index (χ0n) is 16.0. The highest BCUT2D eigenvalue weighted by molar-refractivity contribution is 6.39. The van der Waals surface area contributed by atoms with Crippen molar-refractivity contribution in [2.45, 2.75) is 6.92 Å². The molecule has 1 fully saturated rings. The van der Waals surface area contributed by atoms with Gasteiger partial charge in [0, 0.05) is 12.1 Å². The van der Waals surface area contributed by atoms with E-state index in [2.05, 4.69) is 0 Å². The van der Waals surface area contributed by atoms with Crippen LogP contribution in [0.2, 0.25) is 0 Å². The molecule has 1 heterocycles. The van der Waals surface area contributed by atoms with Gasteiger partial charge in [-0.3, -0.25) is 25.0 Å². The molecule has 2 N–H and O–H groups in total. The predicted octanol–water partition coefficient (Wildman–Crippen LogP) is 2.36. The number of urea groups is 1. The van der Waals surface area contributed by atoms with Crippen molar-refractivity contribution < 1.29 is 33.9 Å². The first-order valence-corrected chi connectivity index (χ1v) is 8.89. The molecule has 4 amide bonds. The summed E-state index contributed by atoms with van der Waals surface area (Å²) in [6, 6.07) is 7.68. The van der Waals surface area contributed by atoms with Crippen molar-refractivity contribution in [1.82, 2.24) is 5.32 Å². The van der Waals surface area contributed by atoms with E-state index in [0.29, 0.717) is 4.90 Å². The van der Waals surface area contributed by atoms with Gasteiger partial charge in [0.15, 0.2) is 0 Å². The number of nitrogens with zero attached hydrogens (tertiary/aromatic N) is 2. The van der Waals surface area contributed by atoms with E-state index in [0.717, 1.165) is 18.2 Å². The molecule has 1 saturated heterocycles. The summed E-state index contributed by atoms with van der Waals surface area (Å²) in [5, 5.41) is 22.2. The van der Waals surface area contributed by atoms with Crippen molar-refractivity contribution in [2.75, 3.05) is 11.5 Å². The number of nitrogens with one attached hydrogen (secondary N) is 1. The summed E-state index contributed by atoms with van der Waals surface area (Å²) in [5.74, 6) is -3.06.